The maximum absolute atomic E-state index is 12.1. The van der Waals surface area contributed by atoms with Crippen molar-refractivity contribution in [3.8, 4) is 0 Å². The van der Waals surface area contributed by atoms with Gasteiger partial charge in [0.1, 0.15) is 0 Å². The maximum Gasteiger partial charge on any atom is 0.168 e. The molecular formula is C17H16O2. The van der Waals surface area contributed by atoms with E-state index in [-0.39, 0.29) is 17.8 Å². The highest BCUT2D eigenvalue weighted by Crippen LogP contribution is 2.37. The molecule has 0 aliphatic heterocycles. The third kappa shape index (κ3) is 2.91. The van der Waals surface area contributed by atoms with Gasteiger partial charge in [-0.1, -0.05) is 60.7 Å². The van der Waals surface area contributed by atoms with Crippen molar-refractivity contribution >= 4 is 5.78 Å². The van der Waals surface area contributed by atoms with Crippen LogP contribution in [0.4, 0.5) is 0 Å². The Kier molecular flexibility index (Phi) is 3.43. The fourth-order valence-electron chi connectivity index (χ4n) is 2.23. The number of benzene rings is 2. The van der Waals surface area contributed by atoms with Crippen LogP contribution >= 0.6 is 0 Å². The summed E-state index contributed by atoms with van der Waals surface area (Å²) in [7, 11) is 0. The number of ether oxygens (including phenoxy) is 1. The average Bonchev–Trinajstić information content (AvgIpc) is 3.26. The lowest BCUT2D eigenvalue weighted by atomic mass is 10.1. The van der Waals surface area contributed by atoms with Crippen molar-refractivity contribution in [3.05, 3.63) is 71.8 Å². The molecule has 1 fully saturated rings. The molecule has 1 aliphatic rings. The molecule has 0 bridgehead atoms. The summed E-state index contributed by atoms with van der Waals surface area (Å²) in [6.07, 6.45) is 0.938. The molecule has 2 unspecified atom stereocenters. The number of ketones is 1. The lowest BCUT2D eigenvalue weighted by Crippen LogP contribution is -2.07. The van der Waals surface area contributed by atoms with Gasteiger partial charge < -0.3 is 4.74 Å². The number of hydrogen-bond acceptors (Lipinski definition) is 2. The third-order valence-corrected chi connectivity index (χ3v) is 3.43. The Balaban J connectivity index is 1.53. The summed E-state index contributed by atoms with van der Waals surface area (Å²) < 4.78 is 5.77. The molecule has 2 atom stereocenters. The van der Waals surface area contributed by atoms with Gasteiger partial charge in [0.2, 0.25) is 0 Å². The summed E-state index contributed by atoms with van der Waals surface area (Å²) >= 11 is 0. The van der Waals surface area contributed by atoms with Gasteiger partial charge in [0, 0.05) is 5.56 Å². The quantitative estimate of drug-likeness (QED) is 0.762. The van der Waals surface area contributed by atoms with Gasteiger partial charge in [-0.3, -0.25) is 4.79 Å². The van der Waals surface area contributed by atoms with Gasteiger partial charge >= 0.3 is 0 Å². The van der Waals surface area contributed by atoms with Crippen LogP contribution in [0.25, 0.3) is 0 Å². The van der Waals surface area contributed by atoms with Gasteiger partial charge in [0.05, 0.1) is 18.6 Å². The van der Waals surface area contributed by atoms with E-state index in [2.05, 4.69) is 0 Å². The number of carbonyl (C=O) groups excluding carboxylic acids is 1. The SMILES string of the molecule is O=C(c1ccccc1)C1CC1OCc1ccccc1. The van der Waals surface area contributed by atoms with Gasteiger partial charge in [-0.2, -0.15) is 0 Å². The van der Waals surface area contributed by atoms with E-state index in [1.807, 2.05) is 60.7 Å². The Morgan fingerprint density at radius 2 is 1.63 bits per heavy atom. The van der Waals surface area contributed by atoms with E-state index in [0.717, 1.165) is 17.5 Å². The summed E-state index contributed by atoms with van der Waals surface area (Å²) in [6.45, 7) is 0.587. The largest absolute Gasteiger partial charge is 0.373 e. The van der Waals surface area contributed by atoms with Crippen LogP contribution in [0.5, 0.6) is 0 Å². The number of Topliss-reactive ketones (excluding diaryl/α,β-unsaturated/α-hetero) is 1. The van der Waals surface area contributed by atoms with E-state index < -0.39 is 0 Å². The maximum atomic E-state index is 12.1. The van der Waals surface area contributed by atoms with Crippen molar-refractivity contribution in [2.24, 2.45) is 5.92 Å². The molecule has 96 valence electrons. The molecule has 0 aromatic heterocycles. The average molecular weight is 252 g/mol. The zero-order valence-corrected chi connectivity index (χ0v) is 10.7. The van der Waals surface area contributed by atoms with E-state index in [4.69, 9.17) is 4.74 Å². The Labute approximate surface area is 113 Å². The summed E-state index contributed by atoms with van der Waals surface area (Å²) in [5.74, 6) is 0.254. The van der Waals surface area contributed by atoms with Gasteiger partial charge in [-0.25, -0.2) is 0 Å². The first-order valence-corrected chi connectivity index (χ1v) is 6.59. The summed E-state index contributed by atoms with van der Waals surface area (Å²) in [5, 5.41) is 0. The van der Waals surface area contributed by atoms with Crippen LogP contribution in [0.2, 0.25) is 0 Å². The highest BCUT2D eigenvalue weighted by Gasteiger charge is 2.44. The van der Waals surface area contributed by atoms with Gasteiger partial charge in [-0.05, 0) is 12.0 Å². The molecule has 2 aromatic rings. The molecule has 0 N–H and O–H groups in total. The van der Waals surface area contributed by atoms with Crippen LogP contribution < -0.4 is 0 Å². The zero-order valence-electron chi connectivity index (χ0n) is 10.7. The molecule has 0 amide bonds. The lowest BCUT2D eigenvalue weighted by molar-refractivity contribution is 0.0792. The molecule has 2 aromatic carbocycles. The molecule has 0 saturated heterocycles. The zero-order chi connectivity index (χ0) is 13.1. The van der Waals surface area contributed by atoms with E-state index in [9.17, 15) is 4.79 Å². The van der Waals surface area contributed by atoms with Gasteiger partial charge in [0.15, 0.2) is 5.78 Å². The number of carbonyl (C=O) groups is 1. The molecule has 3 rings (SSSR count). The Bertz CT molecular complexity index is 548. The molecule has 2 heteroatoms. The van der Waals surface area contributed by atoms with E-state index in [1.165, 1.54) is 0 Å². The molecule has 2 nitrogen and oxygen atoms in total. The van der Waals surface area contributed by atoms with Crippen LogP contribution in [0.1, 0.15) is 22.3 Å². The monoisotopic (exact) mass is 252 g/mol. The highest BCUT2D eigenvalue weighted by molar-refractivity contribution is 5.99. The minimum Gasteiger partial charge on any atom is -0.373 e. The van der Waals surface area contributed by atoms with Crippen molar-refractivity contribution in [3.63, 3.8) is 0 Å². The predicted molar refractivity (Wildman–Crippen MR) is 73.9 cm³/mol. The number of rotatable bonds is 5. The first-order valence-electron chi connectivity index (χ1n) is 6.59. The molecule has 0 spiro atoms. The molecule has 1 saturated carbocycles. The van der Waals surface area contributed by atoms with Crippen molar-refractivity contribution in [1.29, 1.82) is 0 Å². The van der Waals surface area contributed by atoms with E-state index >= 15 is 0 Å². The molecule has 0 radical (unpaired) electrons. The summed E-state index contributed by atoms with van der Waals surface area (Å²) in [6, 6.07) is 19.5. The van der Waals surface area contributed by atoms with Crippen molar-refractivity contribution in [1.82, 2.24) is 0 Å². The lowest BCUT2D eigenvalue weighted by Gasteiger charge is -2.03. The first kappa shape index (κ1) is 12.1. The minimum atomic E-state index is 0.0473. The third-order valence-electron chi connectivity index (χ3n) is 3.43. The van der Waals surface area contributed by atoms with Crippen LogP contribution in [-0.2, 0) is 11.3 Å². The molecule has 19 heavy (non-hydrogen) atoms. The number of hydrogen-bond donors (Lipinski definition) is 0. The normalized spacial score (nSPS) is 21.1. The Morgan fingerprint density at radius 1 is 1.00 bits per heavy atom. The fraction of sp³-hybridized carbons (Fsp3) is 0.235. The molecular weight excluding hydrogens is 236 g/mol. The van der Waals surface area contributed by atoms with Crippen LogP contribution in [0.15, 0.2) is 60.7 Å². The Morgan fingerprint density at radius 3 is 2.32 bits per heavy atom. The second-order valence-electron chi connectivity index (χ2n) is 4.91. The Hall–Kier alpha value is -1.93. The molecule has 1 aliphatic carbocycles. The van der Waals surface area contributed by atoms with Crippen LogP contribution in [0, 0.1) is 5.92 Å². The van der Waals surface area contributed by atoms with Crippen molar-refractivity contribution < 1.29 is 9.53 Å². The van der Waals surface area contributed by atoms with E-state index in [0.29, 0.717) is 6.61 Å². The second-order valence-corrected chi connectivity index (χ2v) is 4.91. The fourth-order valence-corrected chi connectivity index (χ4v) is 2.23. The smallest absolute Gasteiger partial charge is 0.168 e. The summed E-state index contributed by atoms with van der Waals surface area (Å²) in [5.41, 5.74) is 1.94. The topological polar surface area (TPSA) is 26.3 Å². The second kappa shape index (κ2) is 5.37. The first-order chi connectivity index (χ1) is 9.34. The van der Waals surface area contributed by atoms with Gasteiger partial charge in [0.25, 0.3) is 0 Å². The molecule has 0 heterocycles. The van der Waals surface area contributed by atoms with E-state index in [1.54, 1.807) is 0 Å². The predicted octanol–water partition coefficient (Wildman–Crippen LogP) is 3.47. The van der Waals surface area contributed by atoms with Gasteiger partial charge in [-0.15, -0.1) is 0 Å². The minimum absolute atomic E-state index is 0.0473. The standard InChI is InChI=1S/C17H16O2/c18-17(14-9-5-2-6-10-14)15-11-16(15)19-12-13-7-3-1-4-8-13/h1-10,15-16H,11-12H2. The highest BCUT2D eigenvalue weighted by atomic mass is 16.5. The van der Waals surface area contributed by atoms with Crippen molar-refractivity contribution in [2.75, 3.05) is 0 Å². The summed E-state index contributed by atoms with van der Waals surface area (Å²) in [4.78, 5) is 12.1. The van der Waals surface area contributed by atoms with Crippen molar-refractivity contribution in [2.45, 2.75) is 19.1 Å². The van der Waals surface area contributed by atoms with Crippen LogP contribution in [0.3, 0.4) is 0 Å². The van der Waals surface area contributed by atoms with Crippen LogP contribution in [-0.4, -0.2) is 11.9 Å².